The zero-order chi connectivity index (χ0) is 14.6. The summed E-state index contributed by atoms with van der Waals surface area (Å²) in [6, 6.07) is 5.91. The molecule has 1 aromatic carbocycles. The minimum atomic E-state index is -3.19. The molecule has 0 saturated heterocycles. The van der Waals surface area contributed by atoms with Gasteiger partial charge in [0.05, 0.1) is 5.75 Å². The second-order valence-electron chi connectivity index (χ2n) is 5.25. The molecular weight excluding hydrogens is 264 g/mol. The molecule has 5 heteroatoms. The highest BCUT2D eigenvalue weighted by Crippen LogP contribution is 2.27. The standard InChI is InChI=1S/C14H22O4S/c1-10(2)13-6-5-11(3)7-14(13)18-8-12(15)9-19(4,16)17/h5-7,10,12,15H,8-9H2,1-4H3/t12-/m0/s1. The van der Waals surface area contributed by atoms with Gasteiger partial charge in [0, 0.05) is 6.26 Å². The number of aliphatic hydroxyl groups is 1. The lowest BCUT2D eigenvalue weighted by molar-refractivity contribution is 0.124. The minimum absolute atomic E-state index is 0.0176. The van der Waals surface area contributed by atoms with Crippen molar-refractivity contribution in [3.8, 4) is 5.75 Å². The van der Waals surface area contributed by atoms with E-state index in [2.05, 4.69) is 13.8 Å². The molecule has 0 unspecified atom stereocenters. The molecule has 0 aliphatic heterocycles. The number of aliphatic hydroxyl groups excluding tert-OH is 1. The van der Waals surface area contributed by atoms with Gasteiger partial charge in [-0.3, -0.25) is 0 Å². The van der Waals surface area contributed by atoms with Crippen LogP contribution in [0.15, 0.2) is 18.2 Å². The van der Waals surface area contributed by atoms with Crippen molar-refractivity contribution in [2.24, 2.45) is 0 Å². The third-order valence-corrected chi connectivity index (χ3v) is 3.71. The van der Waals surface area contributed by atoms with Gasteiger partial charge in [0.1, 0.15) is 28.3 Å². The van der Waals surface area contributed by atoms with Crippen LogP contribution in [0.4, 0.5) is 0 Å². The fourth-order valence-electron chi connectivity index (χ4n) is 1.83. The maximum Gasteiger partial charge on any atom is 0.150 e. The largest absolute Gasteiger partial charge is 0.491 e. The van der Waals surface area contributed by atoms with Crippen molar-refractivity contribution < 1.29 is 18.3 Å². The Morgan fingerprint density at radius 3 is 2.47 bits per heavy atom. The SMILES string of the molecule is Cc1ccc(C(C)C)c(OC[C@H](O)CS(C)(=O)=O)c1. The maximum absolute atomic E-state index is 11.1. The van der Waals surface area contributed by atoms with E-state index >= 15 is 0 Å². The molecule has 0 aliphatic carbocycles. The molecule has 0 fully saturated rings. The molecule has 0 bridgehead atoms. The zero-order valence-electron chi connectivity index (χ0n) is 11.9. The van der Waals surface area contributed by atoms with E-state index in [1.807, 2.05) is 25.1 Å². The maximum atomic E-state index is 11.1. The molecule has 1 N–H and O–H groups in total. The predicted octanol–water partition coefficient (Wildman–Crippen LogP) is 1.90. The second-order valence-corrected chi connectivity index (χ2v) is 7.44. The zero-order valence-corrected chi connectivity index (χ0v) is 12.7. The third kappa shape index (κ3) is 5.61. The normalized spacial score (nSPS) is 13.6. The molecule has 108 valence electrons. The molecule has 1 rings (SSSR count). The van der Waals surface area contributed by atoms with Crippen molar-refractivity contribution >= 4 is 9.84 Å². The number of sulfone groups is 1. The van der Waals surface area contributed by atoms with Crippen LogP contribution in [0.2, 0.25) is 0 Å². The molecule has 19 heavy (non-hydrogen) atoms. The average Bonchev–Trinajstić information content (AvgIpc) is 2.23. The first kappa shape index (κ1) is 16.0. The Kier molecular flexibility index (Phi) is 5.38. The Morgan fingerprint density at radius 2 is 1.95 bits per heavy atom. The summed E-state index contributed by atoms with van der Waals surface area (Å²) in [7, 11) is -3.19. The van der Waals surface area contributed by atoms with Crippen molar-refractivity contribution in [1.29, 1.82) is 0 Å². The van der Waals surface area contributed by atoms with Crippen LogP contribution in [0.1, 0.15) is 30.9 Å². The van der Waals surface area contributed by atoms with Crippen LogP contribution in [-0.4, -0.2) is 38.2 Å². The Labute approximate surface area is 115 Å². The van der Waals surface area contributed by atoms with E-state index in [0.29, 0.717) is 11.7 Å². The van der Waals surface area contributed by atoms with Gasteiger partial charge in [0.15, 0.2) is 0 Å². The van der Waals surface area contributed by atoms with Gasteiger partial charge in [-0.05, 0) is 30.0 Å². The topological polar surface area (TPSA) is 63.6 Å². The molecule has 0 amide bonds. The lowest BCUT2D eigenvalue weighted by Crippen LogP contribution is -2.26. The van der Waals surface area contributed by atoms with E-state index in [9.17, 15) is 13.5 Å². The Balaban J connectivity index is 2.74. The fraction of sp³-hybridized carbons (Fsp3) is 0.571. The van der Waals surface area contributed by atoms with Crippen LogP contribution in [0.3, 0.4) is 0 Å². The lowest BCUT2D eigenvalue weighted by Gasteiger charge is -2.17. The molecule has 0 saturated carbocycles. The molecule has 0 aliphatic rings. The number of ether oxygens (including phenoxy) is 1. The van der Waals surface area contributed by atoms with E-state index < -0.39 is 15.9 Å². The van der Waals surface area contributed by atoms with Crippen LogP contribution < -0.4 is 4.74 Å². The molecule has 0 radical (unpaired) electrons. The summed E-state index contributed by atoms with van der Waals surface area (Å²) in [5.74, 6) is 0.737. The van der Waals surface area contributed by atoms with E-state index in [1.54, 1.807) is 0 Å². The van der Waals surface area contributed by atoms with E-state index in [1.165, 1.54) is 0 Å². The molecule has 0 heterocycles. The summed E-state index contributed by atoms with van der Waals surface area (Å²) >= 11 is 0. The number of rotatable bonds is 6. The van der Waals surface area contributed by atoms with Gasteiger partial charge < -0.3 is 9.84 Å². The summed E-state index contributed by atoms with van der Waals surface area (Å²) in [6.45, 7) is 6.06. The second kappa shape index (κ2) is 6.39. The van der Waals surface area contributed by atoms with Crippen LogP contribution >= 0.6 is 0 Å². The van der Waals surface area contributed by atoms with Crippen molar-refractivity contribution in [3.05, 3.63) is 29.3 Å². The monoisotopic (exact) mass is 286 g/mol. The summed E-state index contributed by atoms with van der Waals surface area (Å²) in [5.41, 5.74) is 2.12. The Morgan fingerprint density at radius 1 is 1.32 bits per heavy atom. The summed E-state index contributed by atoms with van der Waals surface area (Å²) in [5, 5.41) is 9.64. The van der Waals surface area contributed by atoms with Gasteiger partial charge in [-0.1, -0.05) is 26.0 Å². The molecule has 4 nitrogen and oxygen atoms in total. The minimum Gasteiger partial charge on any atom is -0.491 e. The van der Waals surface area contributed by atoms with Gasteiger partial charge in [0.25, 0.3) is 0 Å². The molecule has 1 aromatic rings. The fourth-order valence-corrected chi connectivity index (χ4v) is 2.62. The first-order valence-corrected chi connectivity index (χ1v) is 8.34. The highest BCUT2D eigenvalue weighted by Gasteiger charge is 2.15. The number of benzene rings is 1. The molecule has 1 atom stereocenters. The Hall–Kier alpha value is -1.07. The summed E-state index contributed by atoms with van der Waals surface area (Å²) in [6.07, 6.45) is 0.0955. The Bertz CT molecular complexity index is 520. The van der Waals surface area contributed by atoms with Gasteiger partial charge in [-0.25, -0.2) is 8.42 Å². The predicted molar refractivity (Wildman–Crippen MR) is 76.5 cm³/mol. The van der Waals surface area contributed by atoms with Crippen LogP contribution in [0.5, 0.6) is 5.75 Å². The van der Waals surface area contributed by atoms with Crippen LogP contribution in [0.25, 0.3) is 0 Å². The molecule has 0 spiro atoms. The smallest absolute Gasteiger partial charge is 0.150 e. The third-order valence-electron chi connectivity index (χ3n) is 2.72. The van der Waals surface area contributed by atoms with Crippen molar-refractivity contribution in [3.63, 3.8) is 0 Å². The molecule has 0 aromatic heterocycles. The van der Waals surface area contributed by atoms with Crippen molar-refractivity contribution in [1.82, 2.24) is 0 Å². The van der Waals surface area contributed by atoms with E-state index in [0.717, 1.165) is 17.4 Å². The highest BCUT2D eigenvalue weighted by molar-refractivity contribution is 7.90. The van der Waals surface area contributed by atoms with Crippen molar-refractivity contribution in [2.45, 2.75) is 32.8 Å². The van der Waals surface area contributed by atoms with Gasteiger partial charge in [0.2, 0.25) is 0 Å². The number of hydrogen-bond donors (Lipinski definition) is 1. The van der Waals surface area contributed by atoms with Gasteiger partial charge in [-0.2, -0.15) is 0 Å². The van der Waals surface area contributed by atoms with Gasteiger partial charge >= 0.3 is 0 Å². The highest BCUT2D eigenvalue weighted by atomic mass is 32.2. The van der Waals surface area contributed by atoms with Gasteiger partial charge in [-0.15, -0.1) is 0 Å². The molecular formula is C14H22O4S. The average molecular weight is 286 g/mol. The number of hydrogen-bond acceptors (Lipinski definition) is 4. The van der Waals surface area contributed by atoms with E-state index in [4.69, 9.17) is 4.74 Å². The summed E-state index contributed by atoms with van der Waals surface area (Å²) in [4.78, 5) is 0. The lowest BCUT2D eigenvalue weighted by atomic mass is 10.0. The van der Waals surface area contributed by atoms with Crippen LogP contribution in [0, 0.1) is 6.92 Å². The first-order chi connectivity index (χ1) is 8.69. The summed E-state index contributed by atoms with van der Waals surface area (Å²) < 4.78 is 27.7. The van der Waals surface area contributed by atoms with Crippen LogP contribution in [-0.2, 0) is 9.84 Å². The first-order valence-electron chi connectivity index (χ1n) is 6.28. The quantitative estimate of drug-likeness (QED) is 0.867. The van der Waals surface area contributed by atoms with Crippen molar-refractivity contribution in [2.75, 3.05) is 18.6 Å². The number of aryl methyl sites for hydroxylation is 1. The van der Waals surface area contributed by atoms with E-state index in [-0.39, 0.29) is 12.4 Å².